The molecule has 2 fully saturated rings. The van der Waals surface area contributed by atoms with Crippen LogP contribution in [0.4, 0.5) is 0 Å². The van der Waals surface area contributed by atoms with Gasteiger partial charge in [0.25, 0.3) is 0 Å². The van der Waals surface area contributed by atoms with Gasteiger partial charge in [-0.05, 0) is 31.1 Å². The highest BCUT2D eigenvalue weighted by molar-refractivity contribution is 5.92. The third-order valence-electron chi connectivity index (χ3n) is 5.31. The van der Waals surface area contributed by atoms with Crippen molar-refractivity contribution in [3.05, 3.63) is 29.8 Å². The van der Waals surface area contributed by atoms with Gasteiger partial charge in [-0.25, -0.2) is 0 Å². The number of hydrogen-bond acceptors (Lipinski definition) is 4. The van der Waals surface area contributed by atoms with Crippen LogP contribution >= 0.6 is 0 Å². The molecule has 0 N–H and O–H groups in total. The maximum absolute atomic E-state index is 12.5. The minimum absolute atomic E-state index is 0.0731. The number of hydrogen-bond donors (Lipinski definition) is 0. The van der Waals surface area contributed by atoms with Crippen LogP contribution in [0.1, 0.15) is 31.2 Å². The van der Waals surface area contributed by atoms with Gasteiger partial charge in [-0.3, -0.25) is 9.69 Å². The number of ether oxygens (including phenoxy) is 2. The van der Waals surface area contributed by atoms with Gasteiger partial charge in [0.2, 0.25) is 5.91 Å². The Kier molecular flexibility index (Phi) is 5.97. The monoisotopic (exact) mass is 344 g/mol. The molecule has 1 aromatic rings. The van der Waals surface area contributed by atoms with E-state index >= 15 is 0 Å². The fourth-order valence-corrected chi connectivity index (χ4v) is 3.80. The molecule has 1 aromatic carbocycles. The number of piperazine rings is 1. The van der Waals surface area contributed by atoms with E-state index < -0.39 is 0 Å². The summed E-state index contributed by atoms with van der Waals surface area (Å²) in [6, 6.07) is 6.34. The van der Waals surface area contributed by atoms with E-state index in [-0.39, 0.29) is 5.91 Å². The van der Waals surface area contributed by atoms with Crippen molar-refractivity contribution >= 4 is 12.0 Å². The quantitative estimate of drug-likeness (QED) is 0.771. The second kappa shape index (κ2) is 8.39. The number of carbonyl (C=O) groups excluding carboxylic acids is 1. The molecule has 5 nitrogen and oxygen atoms in total. The average molecular weight is 344 g/mol. The predicted molar refractivity (Wildman–Crippen MR) is 99.0 cm³/mol. The fraction of sp³-hybridized carbons (Fsp3) is 0.550. The lowest BCUT2D eigenvalue weighted by Crippen LogP contribution is -2.51. The average Bonchev–Trinajstić information content (AvgIpc) is 3.20. The van der Waals surface area contributed by atoms with Crippen molar-refractivity contribution in [1.29, 1.82) is 0 Å². The number of nitrogens with zero attached hydrogens (tertiary/aromatic N) is 2. The van der Waals surface area contributed by atoms with E-state index in [9.17, 15) is 4.79 Å². The Morgan fingerprint density at radius 1 is 1.08 bits per heavy atom. The highest BCUT2D eigenvalue weighted by Gasteiger charge is 2.27. The second-order valence-corrected chi connectivity index (χ2v) is 6.74. The Labute approximate surface area is 150 Å². The van der Waals surface area contributed by atoms with Crippen LogP contribution in [-0.2, 0) is 4.79 Å². The fourth-order valence-electron chi connectivity index (χ4n) is 3.80. The smallest absolute Gasteiger partial charge is 0.246 e. The molecular weight excluding hydrogens is 316 g/mol. The van der Waals surface area contributed by atoms with Crippen molar-refractivity contribution in [2.45, 2.75) is 31.7 Å². The van der Waals surface area contributed by atoms with Crippen LogP contribution in [0.5, 0.6) is 11.5 Å². The summed E-state index contributed by atoms with van der Waals surface area (Å²) in [5.74, 6) is 1.52. The summed E-state index contributed by atoms with van der Waals surface area (Å²) in [4.78, 5) is 17.0. The van der Waals surface area contributed by atoms with E-state index in [4.69, 9.17) is 9.47 Å². The van der Waals surface area contributed by atoms with Gasteiger partial charge < -0.3 is 14.4 Å². The van der Waals surface area contributed by atoms with Crippen molar-refractivity contribution in [3.63, 3.8) is 0 Å². The minimum atomic E-state index is 0.0731. The predicted octanol–water partition coefficient (Wildman–Crippen LogP) is 2.80. The first-order chi connectivity index (χ1) is 12.2. The summed E-state index contributed by atoms with van der Waals surface area (Å²) in [6.45, 7) is 3.63. The van der Waals surface area contributed by atoms with E-state index in [1.165, 1.54) is 25.7 Å². The highest BCUT2D eigenvalue weighted by Crippen LogP contribution is 2.26. The van der Waals surface area contributed by atoms with Crippen LogP contribution in [-0.4, -0.2) is 62.1 Å². The van der Waals surface area contributed by atoms with Crippen LogP contribution in [0.15, 0.2) is 24.3 Å². The number of amides is 1. The number of rotatable bonds is 5. The van der Waals surface area contributed by atoms with Crippen molar-refractivity contribution in [3.8, 4) is 11.5 Å². The zero-order chi connectivity index (χ0) is 17.6. The molecule has 5 heteroatoms. The molecule has 1 aliphatic carbocycles. The van der Waals surface area contributed by atoms with Crippen molar-refractivity contribution in [2.75, 3.05) is 40.4 Å². The molecule has 3 rings (SSSR count). The molecule has 1 saturated carbocycles. The van der Waals surface area contributed by atoms with Gasteiger partial charge in [0.15, 0.2) is 0 Å². The summed E-state index contributed by atoms with van der Waals surface area (Å²) >= 11 is 0. The van der Waals surface area contributed by atoms with E-state index in [1.54, 1.807) is 20.3 Å². The van der Waals surface area contributed by atoms with Gasteiger partial charge in [0.1, 0.15) is 11.5 Å². The molecule has 1 saturated heterocycles. The molecule has 0 unspecified atom stereocenters. The second-order valence-electron chi connectivity index (χ2n) is 6.74. The van der Waals surface area contributed by atoms with Crippen molar-refractivity contribution in [2.24, 2.45) is 0 Å². The lowest BCUT2D eigenvalue weighted by molar-refractivity contribution is -0.127. The minimum Gasteiger partial charge on any atom is -0.497 e. The Hall–Kier alpha value is -2.01. The summed E-state index contributed by atoms with van der Waals surface area (Å²) < 4.78 is 10.6. The Morgan fingerprint density at radius 3 is 2.44 bits per heavy atom. The Balaban J connectivity index is 1.56. The molecule has 0 bridgehead atoms. The number of carbonyl (C=O) groups is 1. The van der Waals surface area contributed by atoms with Gasteiger partial charge in [-0.1, -0.05) is 12.8 Å². The molecule has 0 spiro atoms. The normalized spacial score (nSPS) is 19.5. The Bertz CT molecular complexity index is 615. The lowest BCUT2D eigenvalue weighted by atomic mass is 10.1. The molecule has 0 atom stereocenters. The summed E-state index contributed by atoms with van der Waals surface area (Å²) in [5.41, 5.74) is 0.876. The molecule has 0 aromatic heterocycles. The molecular formula is C20H28N2O3. The van der Waals surface area contributed by atoms with Gasteiger partial charge in [0.05, 0.1) is 14.2 Å². The van der Waals surface area contributed by atoms with Crippen LogP contribution in [0, 0.1) is 0 Å². The van der Waals surface area contributed by atoms with Crippen LogP contribution in [0.25, 0.3) is 6.08 Å². The topological polar surface area (TPSA) is 42.0 Å². The van der Waals surface area contributed by atoms with Crippen molar-refractivity contribution < 1.29 is 14.3 Å². The first-order valence-electron chi connectivity index (χ1n) is 9.14. The Morgan fingerprint density at radius 2 is 1.80 bits per heavy atom. The van der Waals surface area contributed by atoms with E-state index in [0.29, 0.717) is 5.75 Å². The molecule has 2 aliphatic rings. The van der Waals surface area contributed by atoms with Crippen LogP contribution in [0.3, 0.4) is 0 Å². The first-order valence-corrected chi connectivity index (χ1v) is 9.14. The first kappa shape index (κ1) is 17.8. The molecule has 25 heavy (non-hydrogen) atoms. The zero-order valence-corrected chi connectivity index (χ0v) is 15.2. The third kappa shape index (κ3) is 4.34. The van der Waals surface area contributed by atoms with Gasteiger partial charge >= 0.3 is 0 Å². The number of benzene rings is 1. The maximum atomic E-state index is 12.5. The van der Waals surface area contributed by atoms with Crippen molar-refractivity contribution in [1.82, 2.24) is 9.80 Å². The molecule has 1 amide bonds. The summed E-state index contributed by atoms with van der Waals surface area (Å²) in [6.07, 6.45) is 8.84. The molecule has 1 heterocycles. The summed E-state index contributed by atoms with van der Waals surface area (Å²) in [5, 5.41) is 0. The maximum Gasteiger partial charge on any atom is 0.246 e. The van der Waals surface area contributed by atoms with E-state index in [1.807, 2.05) is 29.2 Å². The van der Waals surface area contributed by atoms with Gasteiger partial charge in [-0.15, -0.1) is 0 Å². The van der Waals surface area contributed by atoms with E-state index in [0.717, 1.165) is 43.5 Å². The van der Waals surface area contributed by atoms with Gasteiger partial charge in [0, 0.05) is 49.9 Å². The highest BCUT2D eigenvalue weighted by atomic mass is 16.5. The largest absolute Gasteiger partial charge is 0.497 e. The lowest BCUT2D eigenvalue weighted by Gasteiger charge is -2.37. The van der Waals surface area contributed by atoms with Crippen LogP contribution < -0.4 is 9.47 Å². The summed E-state index contributed by atoms with van der Waals surface area (Å²) in [7, 11) is 3.25. The van der Waals surface area contributed by atoms with Gasteiger partial charge in [-0.2, -0.15) is 0 Å². The van der Waals surface area contributed by atoms with Crippen LogP contribution in [0.2, 0.25) is 0 Å². The number of methoxy groups -OCH3 is 2. The standard InChI is InChI=1S/C20H28N2O3/c1-24-18-9-7-16(19(15-18)25-2)8-10-20(23)22-13-11-21(12-14-22)17-5-3-4-6-17/h7-10,15,17H,3-6,11-14H2,1-2H3. The SMILES string of the molecule is COc1ccc(C=CC(=O)N2CCN(C3CCCC3)CC2)c(OC)c1. The molecule has 136 valence electrons. The molecule has 0 radical (unpaired) electrons. The zero-order valence-electron chi connectivity index (χ0n) is 15.2. The molecule has 1 aliphatic heterocycles. The van der Waals surface area contributed by atoms with E-state index in [2.05, 4.69) is 4.90 Å². The third-order valence-corrected chi connectivity index (χ3v) is 5.31.